The molecule has 0 radical (unpaired) electrons. The van der Waals surface area contributed by atoms with Crippen molar-refractivity contribution in [1.82, 2.24) is 5.32 Å². The molecule has 0 saturated carbocycles. The van der Waals surface area contributed by atoms with Crippen LogP contribution in [0.5, 0.6) is 11.5 Å². The second kappa shape index (κ2) is 8.08. The molecule has 1 aliphatic rings. The van der Waals surface area contributed by atoms with Gasteiger partial charge in [-0.15, -0.1) is 23.1 Å². The van der Waals surface area contributed by atoms with E-state index in [1.54, 1.807) is 23.1 Å². The van der Waals surface area contributed by atoms with E-state index < -0.39 is 0 Å². The summed E-state index contributed by atoms with van der Waals surface area (Å²) in [5.41, 5.74) is 1.10. The Labute approximate surface area is 151 Å². The molecule has 7 heteroatoms. The van der Waals surface area contributed by atoms with Gasteiger partial charge in [-0.2, -0.15) is 0 Å². The van der Waals surface area contributed by atoms with Crippen molar-refractivity contribution < 1.29 is 14.3 Å². The first-order chi connectivity index (χ1) is 11.2. The van der Waals surface area contributed by atoms with Crippen molar-refractivity contribution in [1.29, 1.82) is 0 Å². The fourth-order valence-corrected chi connectivity index (χ4v) is 4.26. The Bertz CT molecular complexity index is 676. The van der Waals surface area contributed by atoms with Gasteiger partial charge >= 0.3 is 0 Å². The van der Waals surface area contributed by atoms with Crippen molar-refractivity contribution in [3.63, 3.8) is 0 Å². The highest BCUT2D eigenvalue weighted by Crippen LogP contribution is 2.36. The van der Waals surface area contributed by atoms with Crippen molar-refractivity contribution in [3.8, 4) is 11.5 Å². The molecule has 122 valence electrons. The largest absolute Gasteiger partial charge is 0.486 e. The van der Waals surface area contributed by atoms with E-state index in [0.717, 1.165) is 32.2 Å². The van der Waals surface area contributed by atoms with Gasteiger partial charge in [0.25, 0.3) is 0 Å². The van der Waals surface area contributed by atoms with Crippen LogP contribution >= 0.6 is 39.0 Å². The third-order valence-electron chi connectivity index (χ3n) is 3.24. The fraction of sp³-hybridized carbons (Fsp3) is 0.312. The minimum absolute atomic E-state index is 0.0528. The van der Waals surface area contributed by atoms with E-state index >= 15 is 0 Å². The molecule has 1 amide bonds. The molecule has 0 unspecified atom stereocenters. The zero-order valence-corrected chi connectivity index (χ0v) is 15.6. The average Bonchev–Trinajstić information content (AvgIpc) is 3.07. The number of benzene rings is 1. The lowest BCUT2D eigenvalue weighted by Gasteiger charge is -2.19. The summed E-state index contributed by atoms with van der Waals surface area (Å²) >= 11 is 6.78. The summed E-state index contributed by atoms with van der Waals surface area (Å²) in [5, 5.41) is 4.94. The summed E-state index contributed by atoms with van der Waals surface area (Å²) in [5.74, 6) is 2.77. The van der Waals surface area contributed by atoms with Gasteiger partial charge in [0.15, 0.2) is 11.5 Å². The number of halogens is 1. The van der Waals surface area contributed by atoms with E-state index in [4.69, 9.17) is 9.47 Å². The van der Waals surface area contributed by atoms with Crippen LogP contribution in [-0.2, 0) is 17.1 Å². The molecule has 0 atom stereocenters. The van der Waals surface area contributed by atoms with Gasteiger partial charge in [0.05, 0.1) is 12.3 Å². The van der Waals surface area contributed by atoms with E-state index in [1.165, 1.54) is 0 Å². The fourth-order valence-electron chi connectivity index (χ4n) is 2.12. The highest BCUT2D eigenvalue weighted by Gasteiger charge is 2.15. The van der Waals surface area contributed by atoms with Crippen LogP contribution in [-0.4, -0.2) is 24.9 Å². The molecule has 0 aliphatic carbocycles. The number of hydrogen-bond donors (Lipinski definition) is 1. The lowest BCUT2D eigenvalue weighted by molar-refractivity contribution is -0.118. The molecule has 23 heavy (non-hydrogen) atoms. The quantitative estimate of drug-likeness (QED) is 0.781. The number of carbonyl (C=O) groups excluding carboxylic acids is 1. The summed E-state index contributed by atoms with van der Waals surface area (Å²) in [7, 11) is 0. The topological polar surface area (TPSA) is 47.6 Å². The molecule has 1 aliphatic heterocycles. The number of fused-ring (bicyclic) bond motifs is 1. The lowest BCUT2D eigenvalue weighted by atomic mass is 10.2. The number of carbonyl (C=O) groups is 1. The van der Waals surface area contributed by atoms with Crippen molar-refractivity contribution in [2.24, 2.45) is 0 Å². The van der Waals surface area contributed by atoms with Gasteiger partial charge in [-0.05, 0) is 29.1 Å². The Hall–Kier alpha value is -1.18. The highest BCUT2D eigenvalue weighted by molar-refractivity contribution is 9.10. The molecule has 3 rings (SSSR count). The number of thioether (sulfide) groups is 1. The van der Waals surface area contributed by atoms with E-state index in [9.17, 15) is 4.79 Å². The standard InChI is InChI=1S/C16H16BrNO3S2/c17-13-7-15-14(20-3-4-21-15)6-11(13)9-22-10-16(19)18-8-12-2-1-5-23-12/h1-2,5-7H,3-4,8-10H2,(H,18,19). The minimum atomic E-state index is 0.0528. The first-order valence-corrected chi connectivity index (χ1v) is 10.00. The number of rotatable bonds is 6. The molecule has 2 heterocycles. The Kier molecular flexibility index (Phi) is 5.85. The maximum Gasteiger partial charge on any atom is 0.230 e. The van der Waals surface area contributed by atoms with Gasteiger partial charge in [0.1, 0.15) is 13.2 Å². The first-order valence-electron chi connectivity index (χ1n) is 7.17. The molecule has 1 aromatic carbocycles. The molecule has 0 bridgehead atoms. The van der Waals surface area contributed by atoms with Crippen LogP contribution in [0.25, 0.3) is 0 Å². The molecule has 0 saturated heterocycles. The van der Waals surface area contributed by atoms with Gasteiger partial charge in [0, 0.05) is 15.1 Å². The molecular formula is C16H16BrNO3S2. The number of hydrogen-bond acceptors (Lipinski definition) is 5. The van der Waals surface area contributed by atoms with Gasteiger partial charge < -0.3 is 14.8 Å². The lowest BCUT2D eigenvalue weighted by Crippen LogP contribution is -2.24. The van der Waals surface area contributed by atoms with Crippen LogP contribution in [0.2, 0.25) is 0 Å². The summed E-state index contributed by atoms with van der Waals surface area (Å²) in [6.07, 6.45) is 0. The predicted molar refractivity (Wildman–Crippen MR) is 97.5 cm³/mol. The maximum atomic E-state index is 11.9. The number of thiophene rings is 1. The van der Waals surface area contributed by atoms with Crippen LogP contribution in [0.4, 0.5) is 0 Å². The Morgan fingerprint density at radius 2 is 2.09 bits per heavy atom. The van der Waals surface area contributed by atoms with E-state index in [1.807, 2.05) is 29.6 Å². The molecular weight excluding hydrogens is 398 g/mol. The number of ether oxygens (including phenoxy) is 2. The molecule has 4 nitrogen and oxygen atoms in total. The highest BCUT2D eigenvalue weighted by atomic mass is 79.9. The van der Waals surface area contributed by atoms with Crippen LogP contribution in [0.1, 0.15) is 10.4 Å². The van der Waals surface area contributed by atoms with Crippen molar-refractivity contribution in [3.05, 3.63) is 44.6 Å². The van der Waals surface area contributed by atoms with Gasteiger partial charge in [-0.25, -0.2) is 0 Å². The number of nitrogens with one attached hydrogen (secondary N) is 1. The van der Waals surface area contributed by atoms with Crippen molar-refractivity contribution in [2.75, 3.05) is 19.0 Å². The first kappa shape index (κ1) is 16.7. The summed E-state index contributed by atoms with van der Waals surface area (Å²) in [4.78, 5) is 13.0. The zero-order chi connectivity index (χ0) is 16.1. The third-order valence-corrected chi connectivity index (χ3v) is 5.84. The van der Waals surface area contributed by atoms with E-state index in [-0.39, 0.29) is 5.91 Å². The molecule has 1 N–H and O–H groups in total. The Balaban J connectivity index is 1.47. The summed E-state index contributed by atoms with van der Waals surface area (Å²) in [6.45, 7) is 1.76. The maximum absolute atomic E-state index is 11.9. The van der Waals surface area contributed by atoms with E-state index in [2.05, 4.69) is 21.2 Å². The van der Waals surface area contributed by atoms with Crippen LogP contribution in [0.3, 0.4) is 0 Å². The zero-order valence-electron chi connectivity index (χ0n) is 12.3. The second-order valence-corrected chi connectivity index (χ2v) is 7.81. The second-order valence-electron chi connectivity index (χ2n) is 4.94. The monoisotopic (exact) mass is 413 g/mol. The average molecular weight is 414 g/mol. The molecule has 0 fully saturated rings. The van der Waals surface area contributed by atoms with Crippen LogP contribution < -0.4 is 14.8 Å². The molecule has 1 aromatic heterocycles. The predicted octanol–water partition coefficient (Wildman–Crippen LogP) is 3.83. The third kappa shape index (κ3) is 4.65. The minimum Gasteiger partial charge on any atom is -0.486 e. The van der Waals surface area contributed by atoms with Crippen molar-refractivity contribution in [2.45, 2.75) is 12.3 Å². The van der Waals surface area contributed by atoms with Crippen LogP contribution in [0, 0.1) is 0 Å². The van der Waals surface area contributed by atoms with Crippen LogP contribution in [0.15, 0.2) is 34.1 Å². The summed E-state index contributed by atoms with van der Waals surface area (Å²) in [6, 6.07) is 7.92. The smallest absolute Gasteiger partial charge is 0.230 e. The SMILES string of the molecule is O=C(CSCc1cc2c(cc1Br)OCCO2)NCc1cccs1. The Morgan fingerprint density at radius 3 is 2.83 bits per heavy atom. The van der Waals surface area contributed by atoms with E-state index in [0.29, 0.717) is 25.5 Å². The van der Waals surface area contributed by atoms with Gasteiger partial charge in [0.2, 0.25) is 5.91 Å². The molecule has 2 aromatic rings. The van der Waals surface area contributed by atoms with Gasteiger partial charge in [-0.1, -0.05) is 22.0 Å². The Morgan fingerprint density at radius 1 is 1.30 bits per heavy atom. The summed E-state index contributed by atoms with van der Waals surface area (Å²) < 4.78 is 12.1. The van der Waals surface area contributed by atoms with Crippen molar-refractivity contribution >= 4 is 44.9 Å². The normalized spacial score (nSPS) is 12.9. The number of amides is 1. The molecule has 0 spiro atoms. The van der Waals surface area contributed by atoms with Gasteiger partial charge in [-0.3, -0.25) is 4.79 Å².